The summed E-state index contributed by atoms with van der Waals surface area (Å²) in [5, 5.41) is 0. The SMILES string of the molecule is CC(N)C1CCN(C(=O)c2cccc(OCc3ccccc3)c2)C1. The van der Waals surface area contributed by atoms with Gasteiger partial charge < -0.3 is 15.4 Å². The molecule has 1 aliphatic heterocycles. The lowest BCUT2D eigenvalue weighted by molar-refractivity contribution is 0.0785. The van der Waals surface area contributed by atoms with Crippen molar-refractivity contribution >= 4 is 5.91 Å². The van der Waals surface area contributed by atoms with Crippen molar-refractivity contribution in [1.29, 1.82) is 0 Å². The minimum absolute atomic E-state index is 0.0586. The number of benzene rings is 2. The summed E-state index contributed by atoms with van der Waals surface area (Å²) < 4.78 is 5.81. The monoisotopic (exact) mass is 324 g/mol. The largest absolute Gasteiger partial charge is 0.489 e. The average molecular weight is 324 g/mol. The standard InChI is InChI=1S/C20H24N2O2/c1-15(21)18-10-11-22(13-18)20(23)17-8-5-9-19(12-17)24-14-16-6-3-2-4-7-16/h2-9,12,15,18H,10-11,13-14,21H2,1H3. The van der Waals surface area contributed by atoms with Crippen molar-refractivity contribution in [3.8, 4) is 5.75 Å². The van der Waals surface area contributed by atoms with E-state index in [1.165, 1.54) is 0 Å². The van der Waals surface area contributed by atoms with Gasteiger partial charge in [-0.25, -0.2) is 0 Å². The van der Waals surface area contributed by atoms with E-state index >= 15 is 0 Å². The highest BCUT2D eigenvalue weighted by molar-refractivity contribution is 5.94. The molecule has 24 heavy (non-hydrogen) atoms. The van der Waals surface area contributed by atoms with Crippen LogP contribution in [0.15, 0.2) is 54.6 Å². The number of amides is 1. The summed E-state index contributed by atoms with van der Waals surface area (Å²) in [6.07, 6.45) is 0.980. The van der Waals surface area contributed by atoms with Crippen LogP contribution in [0.1, 0.15) is 29.3 Å². The highest BCUT2D eigenvalue weighted by Crippen LogP contribution is 2.22. The summed E-state index contributed by atoms with van der Waals surface area (Å²) in [4.78, 5) is 14.6. The van der Waals surface area contributed by atoms with E-state index in [4.69, 9.17) is 10.5 Å². The minimum atomic E-state index is 0.0586. The van der Waals surface area contributed by atoms with Crippen LogP contribution < -0.4 is 10.5 Å². The Balaban J connectivity index is 1.63. The molecule has 0 bridgehead atoms. The van der Waals surface area contributed by atoms with Crippen molar-refractivity contribution in [3.05, 3.63) is 65.7 Å². The van der Waals surface area contributed by atoms with Crippen molar-refractivity contribution in [2.24, 2.45) is 11.7 Å². The van der Waals surface area contributed by atoms with E-state index in [0.717, 1.165) is 25.1 Å². The second kappa shape index (κ2) is 7.49. The van der Waals surface area contributed by atoms with E-state index in [2.05, 4.69) is 0 Å². The van der Waals surface area contributed by atoms with E-state index in [1.807, 2.05) is 66.4 Å². The van der Waals surface area contributed by atoms with Gasteiger partial charge in [0.15, 0.2) is 0 Å². The highest BCUT2D eigenvalue weighted by atomic mass is 16.5. The first-order valence-corrected chi connectivity index (χ1v) is 8.45. The smallest absolute Gasteiger partial charge is 0.253 e. The van der Waals surface area contributed by atoms with Gasteiger partial charge in [0, 0.05) is 24.7 Å². The minimum Gasteiger partial charge on any atom is -0.489 e. The Morgan fingerprint density at radius 3 is 2.75 bits per heavy atom. The molecule has 4 nitrogen and oxygen atoms in total. The van der Waals surface area contributed by atoms with Crippen molar-refractivity contribution in [3.63, 3.8) is 0 Å². The fourth-order valence-electron chi connectivity index (χ4n) is 3.04. The first kappa shape index (κ1) is 16.5. The zero-order valence-corrected chi connectivity index (χ0v) is 14.0. The van der Waals surface area contributed by atoms with Crippen molar-refractivity contribution in [2.75, 3.05) is 13.1 Å². The molecule has 0 aromatic heterocycles. The van der Waals surface area contributed by atoms with Gasteiger partial charge in [0.2, 0.25) is 0 Å². The Morgan fingerprint density at radius 1 is 1.25 bits per heavy atom. The molecule has 2 N–H and O–H groups in total. The van der Waals surface area contributed by atoms with Gasteiger partial charge in [-0.15, -0.1) is 0 Å². The summed E-state index contributed by atoms with van der Waals surface area (Å²) in [5.74, 6) is 1.17. The van der Waals surface area contributed by atoms with E-state index in [1.54, 1.807) is 0 Å². The van der Waals surface area contributed by atoms with Crippen LogP contribution in [0.5, 0.6) is 5.75 Å². The van der Waals surface area contributed by atoms with E-state index in [0.29, 0.717) is 23.8 Å². The molecule has 0 spiro atoms. The number of nitrogens with two attached hydrogens (primary N) is 1. The van der Waals surface area contributed by atoms with Crippen LogP contribution in [0.2, 0.25) is 0 Å². The topological polar surface area (TPSA) is 55.6 Å². The average Bonchev–Trinajstić information content (AvgIpc) is 3.11. The quantitative estimate of drug-likeness (QED) is 0.919. The number of hydrogen-bond donors (Lipinski definition) is 1. The zero-order valence-electron chi connectivity index (χ0n) is 14.0. The molecule has 1 saturated heterocycles. The Morgan fingerprint density at radius 2 is 2.04 bits per heavy atom. The van der Waals surface area contributed by atoms with Gasteiger partial charge >= 0.3 is 0 Å². The number of carbonyl (C=O) groups excluding carboxylic acids is 1. The molecule has 2 aromatic carbocycles. The van der Waals surface area contributed by atoms with Crippen LogP contribution in [-0.4, -0.2) is 29.9 Å². The lowest BCUT2D eigenvalue weighted by atomic mass is 10.0. The van der Waals surface area contributed by atoms with Crippen LogP contribution in [-0.2, 0) is 6.61 Å². The van der Waals surface area contributed by atoms with Crippen molar-refractivity contribution in [2.45, 2.75) is 26.0 Å². The fraction of sp³-hybridized carbons (Fsp3) is 0.350. The number of rotatable bonds is 5. The third-order valence-corrected chi connectivity index (χ3v) is 4.58. The third-order valence-electron chi connectivity index (χ3n) is 4.58. The van der Waals surface area contributed by atoms with Gasteiger partial charge in [-0.05, 0) is 43.0 Å². The molecule has 2 atom stereocenters. The maximum Gasteiger partial charge on any atom is 0.253 e. The van der Waals surface area contributed by atoms with Gasteiger partial charge in [0.1, 0.15) is 12.4 Å². The lowest BCUT2D eigenvalue weighted by Gasteiger charge is -2.18. The maximum absolute atomic E-state index is 12.7. The van der Waals surface area contributed by atoms with Crippen LogP contribution in [0.3, 0.4) is 0 Å². The summed E-state index contributed by atoms with van der Waals surface area (Å²) in [5.41, 5.74) is 7.74. The summed E-state index contributed by atoms with van der Waals surface area (Å²) in [6, 6.07) is 17.5. The fourth-order valence-corrected chi connectivity index (χ4v) is 3.04. The molecular weight excluding hydrogens is 300 g/mol. The van der Waals surface area contributed by atoms with Crippen LogP contribution >= 0.6 is 0 Å². The molecule has 1 amide bonds. The molecule has 126 valence electrons. The van der Waals surface area contributed by atoms with E-state index in [9.17, 15) is 4.79 Å². The molecular formula is C20H24N2O2. The Bertz CT molecular complexity index is 685. The van der Waals surface area contributed by atoms with Crippen LogP contribution in [0.4, 0.5) is 0 Å². The summed E-state index contributed by atoms with van der Waals surface area (Å²) >= 11 is 0. The number of carbonyl (C=O) groups is 1. The zero-order chi connectivity index (χ0) is 16.9. The molecule has 1 fully saturated rings. The molecule has 4 heteroatoms. The summed E-state index contributed by atoms with van der Waals surface area (Å²) in [7, 11) is 0. The van der Waals surface area contributed by atoms with E-state index in [-0.39, 0.29) is 11.9 Å². The second-order valence-electron chi connectivity index (χ2n) is 6.46. The number of hydrogen-bond acceptors (Lipinski definition) is 3. The molecule has 0 aliphatic carbocycles. The van der Waals surface area contributed by atoms with Gasteiger partial charge in [-0.2, -0.15) is 0 Å². The van der Waals surface area contributed by atoms with Gasteiger partial charge in [0.25, 0.3) is 5.91 Å². The molecule has 2 unspecified atom stereocenters. The lowest BCUT2D eigenvalue weighted by Crippen LogP contribution is -2.33. The first-order valence-electron chi connectivity index (χ1n) is 8.45. The van der Waals surface area contributed by atoms with Crippen molar-refractivity contribution < 1.29 is 9.53 Å². The van der Waals surface area contributed by atoms with Gasteiger partial charge in [0.05, 0.1) is 0 Å². The van der Waals surface area contributed by atoms with Gasteiger partial charge in [-0.3, -0.25) is 4.79 Å². The molecule has 0 saturated carbocycles. The Labute approximate surface area is 143 Å². The normalized spacial score (nSPS) is 18.4. The van der Waals surface area contributed by atoms with E-state index < -0.39 is 0 Å². The summed E-state index contributed by atoms with van der Waals surface area (Å²) in [6.45, 7) is 4.03. The number of nitrogens with zero attached hydrogens (tertiary/aromatic N) is 1. The maximum atomic E-state index is 12.7. The Kier molecular flexibility index (Phi) is 5.16. The van der Waals surface area contributed by atoms with Crippen LogP contribution in [0, 0.1) is 5.92 Å². The number of ether oxygens (including phenoxy) is 1. The highest BCUT2D eigenvalue weighted by Gasteiger charge is 2.29. The molecule has 1 heterocycles. The van der Waals surface area contributed by atoms with Crippen LogP contribution in [0.25, 0.3) is 0 Å². The third kappa shape index (κ3) is 3.95. The Hall–Kier alpha value is -2.33. The molecule has 3 rings (SSSR count). The van der Waals surface area contributed by atoms with Crippen molar-refractivity contribution in [1.82, 2.24) is 4.90 Å². The number of likely N-dealkylation sites (tertiary alicyclic amines) is 1. The van der Waals surface area contributed by atoms with Gasteiger partial charge in [-0.1, -0.05) is 36.4 Å². The predicted molar refractivity (Wildman–Crippen MR) is 94.9 cm³/mol. The first-order chi connectivity index (χ1) is 11.6. The molecule has 2 aromatic rings. The second-order valence-corrected chi connectivity index (χ2v) is 6.46. The predicted octanol–water partition coefficient (Wildman–Crippen LogP) is 3.07. The molecule has 1 aliphatic rings. The molecule has 0 radical (unpaired) electrons.